The van der Waals surface area contributed by atoms with Gasteiger partial charge in [0.25, 0.3) is 6.17 Å². The minimum absolute atomic E-state index is 0.539. The Kier molecular flexibility index (Phi) is 9.54. The molecule has 1 aliphatic carbocycles. The van der Waals surface area contributed by atoms with Gasteiger partial charge in [0.1, 0.15) is 5.75 Å². The Bertz CT molecular complexity index is 883. The molecule has 0 aliphatic heterocycles. The van der Waals surface area contributed by atoms with Gasteiger partial charge in [-0.2, -0.15) is 22.0 Å². The summed E-state index contributed by atoms with van der Waals surface area (Å²) in [6.07, 6.45) is -2.25. The Morgan fingerprint density at radius 3 is 1.80 bits per heavy atom. The number of alkyl halides is 6. The van der Waals surface area contributed by atoms with Crippen molar-refractivity contribution in [1.82, 2.24) is 0 Å². The van der Waals surface area contributed by atoms with E-state index in [1.54, 1.807) is 0 Å². The third-order valence-corrected chi connectivity index (χ3v) is 7.00. The highest BCUT2D eigenvalue weighted by Crippen LogP contribution is 2.37. The molecule has 1 unspecified atom stereocenters. The van der Waals surface area contributed by atoms with Crippen molar-refractivity contribution in [3.63, 3.8) is 0 Å². The highest BCUT2D eigenvalue weighted by Gasteiger charge is 2.59. The Morgan fingerprint density at radius 2 is 1.29 bits per heavy atom. The lowest BCUT2D eigenvalue weighted by Gasteiger charge is -2.28. The summed E-state index contributed by atoms with van der Waals surface area (Å²) in [5.41, 5.74) is 2.78. The molecule has 0 saturated heterocycles. The molecule has 1 aliphatic rings. The number of halogens is 6. The van der Waals surface area contributed by atoms with Crippen molar-refractivity contribution >= 4 is 0 Å². The van der Waals surface area contributed by atoms with Crippen LogP contribution in [0.15, 0.2) is 48.5 Å². The molecule has 0 aromatic heterocycles. The van der Waals surface area contributed by atoms with Crippen molar-refractivity contribution in [2.24, 2.45) is 11.8 Å². The van der Waals surface area contributed by atoms with E-state index in [0.717, 1.165) is 36.0 Å². The van der Waals surface area contributed by atoms with Crippen LogP contribution in [-0.2, 0) is 6.42 Å². The first-order valence-electron chi connectivity index (χ1n) is 12.6. The second-order valence-electron chi connectivity index (χ2n) is 9.71. The first kappa shape index (κ1) is 27.4. The molecule has 0 N–H and O–H groups in total. The summed E-state index contributed by atoms with van der Waals surface area (Å²) in [7, 11) is 0. The SMILES string of the molecule is CCCCCC1CCC(CCc2ccc(-c3ccc(OC(F)(F)C(F)C(F)(F)F)cc3)cc2)CC1. The Hall–Kier alpha value is -2.18. The Labute approximate surface area is 203 Å². The molecule has 7 heteroatoms. The maximum atomic E-state index is 13.4. The lowest BCUT2D eigenvalue weighted by molar-refractivity contribution is -0.304. The zero-order chi connectivity index (χ0) is 25.5. The Balaban J connectivity index is 1.48. The molecular formula is C28H34F6O. The molecule has 0 heterocycles. The van der Waals surface area contributed by atoms with Gasteiger partial charge in [0.2, 0.25) is 0 Å². The van der Waals surface area contributed by atoms with Crippen LogP contribution in [0, 0.1) is 11.8 Å². The van der Waals surface area contributed by atoms with Crippen LogP contribution >= 0.6 is 0 Å². The van der Waals surface area contributed by atoms with Gasteiger partial charge in [0.15, 0.2) is 0 Å². The van der Waals surface area contributed by atoms with Crippen molar-refractivity contribution in [2.75, 3.05) is 0 Å². The number of ether oxygens (including phenoxy) is 1. The number of rotatable bonds is 11. The van der Waals surface area contributed by atoms with E-state index in [-0.39, 0.29) is 0 Å². The van der Waals surface area contributed by atoms with Crippen LogP contribution in [-0.4, -0.2) is 18.5 Å². The van der Waals surface area contributed by atoms with Crippen LogP contribution in [0.5, 0.6) is 5.75 Å². The molecule has 1 atom stereocenters. The van der Waals surface area contributed by atoms with E-state index in [1.807, 2.05) is 24.3 Å². The largest absolute Gasteiger partial charge is 0.439 e. The summed E-state index contributed by atoms with van der Waals surface area (Å²) in [5, 5.41) is 0. The van der Waals surface area contributed by atoms with Gasteiger partial charge in [-0.3, -0.25) is 0 Å². The molecule has 0 bridgehead atoms. The van der Waals surface area contributed by atoms with Crippen molar-refractivity contribution in [2.45, 2.75) is 89.6 Å². The standard InChI is InChI=1S/C28H34F6O/c1-2-3-4-5-20-6-8-21(9-7-20)10-11-22-12-14-23(15-13-22)24-16-18-25(19-17-24)35-28(33,34)26(29)27(30,31)32/h12-21,26H,2-11H2,1H3. The van der Waals surface area contributed by atoms with Gasteiger partial charge in [0, 0.05) is 0 Å². The average molecular weight is 501 g/mol. The van der Waals surface area contributed by atoms with E-state index < -0.39 is 24.2 Å². The van der Waals surface area contributed by atoms with Crippen LogP contribution in [0.2, 0.25) is 0 Å². The highest BCUT2D eigenvalue weighted by molar-refractivity contribution is 5.64. The molecule has 1 saturated carbocycles. The quantitative estimate of drug-likeness (QED) is 0.220. The first-order valence-corrected chi connectivity index (χ1v) is 12.6. The van der Waals surface area contributed by atoms with Gasteiger partial charge >= 0.3 is 12.3 Å². The van der Waals surface area contributed by atoms with Gasteiger partial charge in [-0.15, -0.1) is 0 Å². The minimum Gasteiger partial charge on any atom is -0.430 e. The fourth-order valence-corrected chi connectivity index (χ4v) is 4.84. The molecule has 0 amide bonds. The summed E-state index contributed by atoms with van der Waals surface area (Å²) in [4.78, 5) is 0. The van der Waals surface area contributed by atoms with Crippen molar-refractivity contribution in [1.29, 1.82) is 0 Å². The van der Waals surface area contributed by atoms with Crippen LogP contribution in [0.3, 0.4) is 0 Å². The normalized spacial score (nSPS) is 20.0. The first-order chi connectivity index (χ1) is 16.6. The molecule has 2 aromatic rings. The maximum absolute atomic E-state index is 13.4. The highest BCUT2D eigenvalue weighted by atomic mass is 19.4. The number of unbranched alkanes of at least 4 members (excludes halogenated alkanes) is 2. The van der Waals surface area contributed by atoms with Gasteiger partial charge in [-0.05, 0) is 53.5 Å². The van der Waals surface area contributed by atoms with E-state index in [2.05, 4.69) is 11.7 Å². The third kappa shape index (κ3) is 8.18. The van der Waals surface area contributed by atoms with Gasteiger partial charge < -0.3 is 4.74 Å². The summed E-state index contributed by atoms with van der Waals surface area (Å²) in [6, 6.07) is 13.1. The fraction of sp³-hybridized carbons (Fsp3) is 0.571. The molecule has 1 fully saturated rings. The van der Waals surface area contributed by atoms with Crippen LogP contribution < -0.4 is 4.74 Å². The molecule has 3 rings (SSSR count). The fourth-order valence-electron chi connectivity index (χ4n) is 4.84. The number of hydrogen-bond acceptors (Lipinski definition) is 1. The third-order valence-electron chi connectivity index (χ3n) is 7.00. The zero-order valence-electron chi connectivity index (χ0n) is 20.1. The predicted octanol–water partition coefficient (Wildman–Crippen LogP) is 9.54. The lowest BCUT2D eigenvalue weighted by atomic mass is 9.78. The topological polar surface area (TPSA) is 9.23 Å². The maximum Gasteiger partial charge on any atom is 0.439 e. The second kappa shape index (κ2) is 12.2. The molecule has 2 aromatic carbocycles. The van der Waals surface area contributed by atoms with Gasteiger partial charge in [0.05, 0.1) is 0 Å². The smallest absolute Gasteiger partial charge is 0.430 e. The number of benzene rings is 2. The molecule has 1 nitrogen and oxygen atoms in total. The summed E-state index contributed by atoms with van der Waals surface area (Å²) >= 11 is 0. The molecule has 0 spiro atoms. The van der Waals surface area contributed by atoms with Gasteiger partial charge in [-0.25, -0.2) is 4.39 Å². The molecular weight excluding hydrogens is 466 g/mol. The van der Waals surface area contributed by atoms with Crippen molar-refractivity contribution in [3.8, 4) is 16.9 Å². The summed E-state index contributed by atoms with van der Waals surface area (Å²) < 4.78 is 80.7. The molecule has 0 radical (unpaired) electrons. The molecule has 35 heavy (non-hydrogen) atoms. The van der Waals surface area contributed by atoms with E-state index in [1.165, 1.54) is 75.5 Å². The van der Waals surface area contributed by atoms with Gasteiger partial charge in [-0.1, -0.05) is 94.7 Å². The molecule has 194 valence electrons. The van der Waals surface area contributed by atoms with Crippen LogP contribution in [0.1, 0.15) is 70.3 Å². The van der Waals surface area contributed by atoms with Crippen molar-refractivity contribution < 1.29 is 31.1 Å². The Morgan fingerprint density at radius 1 is 0.771 bits per heavy atom. The minimum atomic E-state index is -5.71. The second-order valence-corrected chi connectivity index (χ2v) is 9.71. The summed E-state index contributed by atoms with van der Waals surface area (Å²) in [5.74, 6) is 1.15. The monoisotopic (exact) mass is 500 g/mol. The average Bonchev–Trinajstić information content (AvgIpc) is 2.83. The number of hydrogen-bond donors (Lipinski definition) is 0. The van der Waals surface area contributed by atoms with Crippen molar-refractivity contribution in [3.05, 3.63) is 54.1 Å². The zero-order valence-corrected chi connectivity index (χ0v) is 20.1. The number of aryl methyl sites for hydroxylation is 1. The van der Waals surface area contributed by atoms with E-state index in [0.29, 0.717) is 5.56 Å². The lowest BCUT2D eigenvalue weighted by Crippen LogP contribution is -2.45. The summed E-state index contributed by atoms with van der Waals surface area (Å²) in [6.45, 7) is 2.24. The van der Waals surface area contributed by atoms with E-state index >= 15 is 0 Å². The van der Waals surface area contributed by atoms with E-state index in [4.69, 9.17) is 0 Å². The predicted molar refractivity (Wildman–Crippen MR) is 126 cm³/mol. The van der Waals surface area contributed by atoms with Crippen LogP contribution in [0.4, 0.5) is 26.3 Å². The van der Waals surface area contributed by atoms with Crippen LogP contribution in [0.25, 0.3) is 11.1 Å². The van der Waals surface area contributed by atoms with E-state index in [9.17, 15) is 26.3 Å².